The molecule has 0 N–H and O–H groups in total. The van der Waals surface area contributed by atoms with Gasteiger partial charge in [-0.3, -0.25) is 4.79 Å². The van der Waals surface area contributed by atoms with Crippen molar-refractivity contribution in [1.82, 2.24) is 0 Å². The molecule has 0 unspecified atom stereocenters. The summed E-state index contributed by atoms with van der Waals surface area (Å²) >= 11 is 0. The number of ether oxygens (including phenoxy) is 5. The first-order valence-corrected chi connectivity index (χ1v) is 11.9. The van der Waals surface area contributed by atoms with Crippen LogP contribution in [0.4, 0.5) is 4.39 Å². The van der Waals surface area contributed by atoms with E-state index in [9.17, 15) is 18.8 Å². The number of hydrogen-bond donors (Lipinski definition) is 0. The summed E-state index contributed by atoms with van der Waals surface area (Å²) in [5, 5.41) is 0. The fourth-order valence-corrected chi connectivity index (χ4v) is 2.78. The molecule has 0 aliphatic heterocycles. The van der Waals surface area contributed by atoms with Gasteiger partial charge >= 0.3 is 17.9 Å². The minimum absolute atomic E-state index is 0.00630. The van der Waals surface area contributed by atoms with Gasteiger partial charge in [-0.15, -0.1) is 0 Å². The fraction of sp³-hybridized carbons (Fsp3) is 0.345. The van der Waals surface area contributed by atoms with Gasteiger partial charge in [0.1, 0.15) is 38.0 Å². The minimum atomic E-state index is -0.737. The van der Waals surface area contributed by atoms with Crippen LogP contribution in [-0.2, 0) is 23.9 Å². The molecule has 0 aliphatic rings. The van der Waals surface area contributed by atoms with Gasteiger partial charge in [0.05, 0.1) is 5.41 Å². The number of esters is 3. The van der Waals surface area contributed by atoms with Gasteiger partial charge < -0.3 is 23.7 Å². The number of halogens is 1. The van der Waals surface area contributed by atoms with Crippen LogP contribution in [0.25, 0.3) is 11.1 Å². The summed E-state index contributed by atoms with van der Waals surface area (Å²) in [7, 11) is 0. The van der Waals surface area contributed by atoms with E-state index >= 15 is 0 Å². The highest BCUT2D eigenvalue weighted by Gasteiger charge is 2.24. The van der Waals surface area contributed by atoms with Gasteiger partial charge in [0.25, 0.3) is 0 Å². The Morgan fingerprint density at radius 2 is 1.34 bits per heavy atom. The van der Waals surface area contributed by atoms with Crippen LogP contribution in [-0.4, -0.2) is 44.3 Å². The molecule has 0 saturated heterocycles. The molecule has 0 heterocycles. The van der Waals surface area contributed by atoms with Crippen LogP contribution in [0.2, 0.25) is 0 Å². The number of hydrogen-bond acceptors (Lipinski definition) is 8. The van der Waals surface area contributed by atoms with Crippen LogP contribution in [0, 0.1) is 11.2 Å². The second-order valence-electron chi connectivity index (χ2n) is 9.47. The van der Waals surface area contributed by atoms with Gasteiger partial charge in [0.2, 0.25) is 0 Å². The van der Waals surface area contributed by atoms with E-state index in [0.717, 1.165) is 6.07 Å². The molecule has 38 heavy (non-hydrogen) atoms. The Hall–Kier alpha value is -4.14. The van der Waals surface area contributed by atoms with Crippen molar-refractivity contribution < 1.29 is 42.5 Å². The van der Waals surface area contributed by atoms with Crippen molar-refractivity contribution in [3.8, 4) is 28.4 Å². The molecule has 2 rings (SSSR count). The molecule has 0 fully saturated rings. The SMILES string of the molecule is C=C(C)C(=O)OCCOc1ccc(-c2ccc(OC(=O)C(C)(C)C)cc2F)cc1OCCOC(=O)C(=C)C. The largest absolute Gasteiger partial charge is 0.486 e. The summed E-state index contributed by atoms with van der Waals surface area (Å²) < 4.78 is 41.8. The molecule has 2 aromatic rings. The first-order chi connectivity index (χ1) is 17.8. The molecule has 0 bridgehead atoms. The second kappa shape index (κ2) is 13.4. The third-order valence-corrected chi connectivity index (χ3v) is 4.86. The van der Waals surface area contributed by atoms with E-state index in [1.807, 2.05) is 0 Å². The highest BCUT2D eigenvalue weighted by molar-refractivity contribution is 5.87. The van der Waals surface area contributed by atoms with E-state index in [1.165, 1.54) is 26.0 Å². The van der Waals surface area contributed by atoms with Gasteiger partial charge in [-0.1, -0.05) is 19.2 Å². The first-order valence-electron chi connectivity index (χ1n) is 11.9. The molecular formula is C29H33FO8. The predicted molar refractivity (Wildman–Crippen MR) is 139 cm³/mol. The number of carbonyl (C=O) groups excluding carboxylic acids is 3. The van der Waals surface area contributed by atoms with Gasteiger partial charge in [-0.05, 0) is 64.4 Å². The smallest absolute Gasteiger partial charge is 0.333 e. The molecule has 0 aliphatic carbocycles. The van der Waals surface area contributed by atoms with Crippen LogP contribution < -0.4 is 14.2 Å². The molecule has 0 spiro atoms. The molecule has 0 atom stereocenters. The summed E-state index contributed by atoms with van der Waals surface area (Å²) in [5.41, 5.74) is 0.488. The lowest BCUT2D eigenvalue weighted by Gasteiger charge is -2.17. The topological polar surface area (TPSA) is 97.4 Å². The average Bonchev–Trinajstić information content (AvgIpc) is 2.84. The zero-order valence-electron chi connectivity index (χ0n) is 22.4. The van der Waals surface area contributed by atoms with Crippen LogP contribution in [0.1, 0.15) is 34.6 Å². The van der Waals surface area contributed by atoms with E-state index in [0.29, 0.717) is 11.3 Å². The summed E-state index contributed by atoms with van der Waals surface area (Å²) in [6.07, 6.45) is 0. The summed E-state index contributed by atoms with van der Waals surface area (Å²) in [6, 6.07) is 8.90. The van der Waals surface area contributed by atoms with Crippen molar-refractivity contribution in [2.45, 2.75) is 34.6 Å². The third kappa shape index (κ3) is 9.06. The van der Waals surface area contributed by atoms with Crippen molar-refractivity contribution in [1.29, 1.82) is 0 Å². The second-order valence-corrected chi connectivity index (χ2v) is 9.47. The van der Waals surface area contributed by atoms with Gasteiger partial charge in [-0.25, -0.2) is 14.0 Å². The van der Waals surface area contributed by atoms with E-state index in [4.69, 9.17) is 23.7 Å². The zero-order valence-corrected chi connectivity index (χ0v) is 22.4. The maximum Gasteiger partial charge on any atom is 0.333 e. The average molecular weight is 529 g/mol. The monoisotopic (exact) mass is 528 g/mol. The van der Waals surface area contributed by atoms with Gasteiger partial charge in [0.15, 0.2) is 11.5 Å². The Morgan fingerprint density at radius 1 is 0.789 bits per heavy atom. The number of benzene rings is 2. The molecule has 0 saturated carbocycles. The summed E-state index contributed by atoms with van der Waals surface area (Å²) in [6.45, 7) is 15.2. The van der Waals surface area contributed by atoms with Crippen molar-refractivity contribution in [3.63, 3.8) is 0 Å². The Balaban J connectivity index is 2.21. The van der Waals surface area contributed by atoms with E-state index < -0.39 is 29.1 Å². The molecule has 2 aromatic carbocycles. The van der Waals surface area contributed by atoms with Crippen LogP contribution >= 0.6 is 0 Å². The predicted octanol–water partition coefficient (Wildman–Crippen LogP) is 5.44. The maximum atomic E-state index is 15.0. The molecule has 0 aromatic heterocycles. The molecule has 204 valence electrons. The zero-order chi connectivity index (χ0) is 28.5. The quantitative estimate of drug-likeness (QED) is 0.156. The van der Waals surface area contributed by atoms with Crippen molar-refractivity contribution in [2.24, 2.45) is 5.41 Å². The molecule has 8 nitrogen and oxygen atoms in total. The number of carbonyl (C=O) groups is 3. The molecular weight excluding hydrogens is 495 g/mol. The van der Waals surface area contributed by atoms with Gasteiger partial charge in [0, 0.05) is 22.8 Å². The lowest BCUT2D eigenvalue weighted by atomic mass is 9.97. The molecule has 0 amide bonds. The Kier molecular flexibility index (Phi) is 10.6. The molecule has 0 radical (unpaired) electrons. The Bertz CT molecular complexity index is 1210. The highest BCUT2D eigenvalue weighted by atomic mass is 19.1. The fourth-order valence-electron chi connectivity index (χ4n) is 2.78. The Morgan fingerprint density at radius 3 is 1.84 bits per heavy atom. The van der Waals surface area contributed by atoms with Crippen molar-refractivity contribution in [2.75, 3.05) is 26.4 Å². The standard InChI is InChI=1S/C29H33FO8/c1-18(2)26(31)36-14-12-34-24-11-8-20(16-25(24)35-13-15-37-27(32)19(3)4)22-10-9-21(17-23(22)30)38-28(33)29(5,6)7/h8-11,16-17H,1,3,12-15H2,2,4-7H3. The highest BCUT2D eigenvalue weighted by Crippen LogP contribution is 2.35. The van der Waals surface area contributed by atoms with Crippen molar-refractivity contribution >= 4 is 17.9 Å². The lowest BCUT2D eigenvalue weighted by molar-refractivity contribution is -0.143. The Labute approximate surface area is 222 Å². The van der Waals surface area contributed by atoms with E-state index in [-0.39, 0.29) is 54.6 Å². The van der Waals surface area contributed by atoms with Crippen molar-refractivity contribution in [3.05, 3.63) is 66.5 Å². The number of rotatable bonds is 12. The first kappa shape index (κ1) is 30.1. The maximum absolute atomic E-state index is 15.0. The lowest BCUT2D eigenvalue weighted by Crippen LogP contribution is -2.25. The minimum Gasteiger partial charge on any atom is -0.486 e. The summed E-state index contributed by atoms with van der Waals surface area (Å²) in [4.78, 5) is 35.3. The van der Waals surface area contributed by atoms with Crippen LogP contribution in [0.3, 0.4) is 0 Å². The van der Waals surface area contributed by atoms with Crippen LogP contribution in [0.15, 0.2) is 60.7 Å². The summed E-state index contributed by atoms with van der Waals surface area (Å²) in [5.74, 6) is -1.52. The van der Waals surface area contributed by atoms with Crippen LogP contribution in [0.5, 0.6) is 17.2 Å². The van der Waals surface area contributed by atoms with Gasteiger partial charge in [-0.2, -0.15) is 0 Å². The third-order valence-electron chi connectivity index (χ3n) is 4.86. The molecule has 9 heteroatoms. The van der Waals surface area contributed by atoms with E-state index in [1.54, 1.807) is 39.0 Å². The normalized spacial score (nSPS) is 10.8. The van der Waals surface area contributed by atoms with E-state index in [2.05, 4.69) is 13.2 Å².